The quantitative estimate of drug-likeness (QED) is 0.623. The monoisotopic (exact) mass is 414 g/mol. The molecule has 5 nitrogen and oxygen atoms in total. The van der Waals surface area contributed by atoms with Crippen molar-refractivity contribution in [2.24, 2.45) is 0 Å². The van der Waals surface area contributed by atoms with Crippen molar-refractivity contribution >= 4 is 5.91 Å². The number of likely N-dealkylation sites (tertiary alicyclic amines) is 1. The van der Waals surface area contributed by atoms with Crippen LogP contribution in [-0.4, -0.2) is 38.9 Å². The first-order chi connectivity index (χ1) is 14.4. The maximum absolute atomic E-state index is 12.6. The number of amides is 1. The Labute approximate surface area is 172 Å². The fraction of sp³-hybridized carbons (Fsp3) is 0.318. The molecule has 156 valence electrons. The highest BCUT2D eigenvalue weighted by Gasteiger charge is 2.30. The first-order valence-electron chi connectivity index (χ1n) is 9.81. The highest BCUT2D eigenvalue weighted by molar-refractivity contribution is 5.76. The maximum atomic E-state index is 12.6. The van der Waals surface area contributed by atoms with Crippen molar-refractivity contribution in [2.75, 3.05) is 13.1 Å². The zero-order valence-corrected chi connectivity index (χ0v) is 16.2. The third-order valence-corrected chi connectivity index (χ3v) is 5.38. The van der Waals surface area contributed by atoms with Gasteiger partial charge in [-0.2, -0.15) is 13.2 Å². The van der Waals surface area contributed by atoms with E-state index < -0.39 is 11.7 Å². The molecule has 0 radical (unpaired) electrons. The molecule has 0 saturated carbocycles. The lowest BCUT2D eigenvalue weighted by molar-refractivity contribution is -0.137. The normalized spacial score (nSPS) is 16.8. The minimum Gasteiger partial charge on any atom is -0.340 e. The van der Waals surface area contributed by atoms with Gasteiger partial charge >= 0.3 is 6.18 Å². The average Bonchev–Trinajstić information content (AvgIpc) is 3.42. The van der Waals surface area contributed by atoms with Crippen LogP contribution < -0.4 is 0 Å². The summed E-state index contributed by atoms with van der Waals surface area (Å²) in [6, 6.07) is 14.8. The lowest BCUT2D eigenvalue weighted by Crippen LogP contribution is -2.29. The Morgan fingerprint density at radius 1 is 1.07 bits per heavy atom. The predicted octanol–water partition coefficient (Wildman–Crippen LogP) is 4.37. The van der Waals surface area contributed by atoms with Gasteiger partial charge in [-0.15, -0.1) is 5.10 Å². The number of nitrogens with zero attached hydrogens (tertiary/aromatic N) is 4. The topological polar surface area (TPSA) is 51.0 Å². The van der Waals surface area contributed by atoms with Crippen molar-refractivity contribution < 1.29 is 18.0 Å². The van der Waals surface area contributed by atoms with Crippen LogP contribution in [0.2, 0.25) is 0 Å². The van der Waals surface area contributed by atoms with Gasteiger partial charge in [0.15, 0.2) is 0 Å². The molecule has 1 aliphatic rings. The SMILES string of the molecule is O=C(CCc1ccc(C(F)(F)F)cc1)N1CC[C@H](n2cc(-c3ccccc3)nn2)C1. The van der Waals surface area contributed by atoms with Crippen molar-refractivity contribution in [1.82, 2.24) is 19.9 Å². The van der Waals surface area contributed by atoms with Crippen LogP contribution in [-0.2, 0) is 17.4 Å². The van der Waals surface area contributed by atoms with Crippen LogP contribution in [0.5, 0.6) is 0 Å². The van der Waals surface area contributed by atoms with Gasteiger partial charge in [0.1, 0.15) is 5.69 Å². The third-order valence-electron chi connectivity index (χ3n) is 5.38. The molecule has 1 amide bonds. The van der Waals surface area contributed by atoms with Crippen molar-refractivity contribution in [3.05, 3.63) is 71.9 Å². The fourth-order valence-electron chi connectivity index (χ4n) is 3.65. The van der Waals surface area contributed by atoms with Crippen LogP contribution in [0.25, 0.3) is 11.3 Å². The fourth-order valence-corrected chi connectivity index (χ4v) is 3.65. The molecule has 1 atom stereocenters. The smallest absolute Gasteiger partial charge is 0.340 e. The minimum atomic E-state index is -4.35. The number of aryl methyl sites for hydroxylation is 1. The van der Waals surface area contributed by atoms with Gasteiger partial charge in [-0.1, -0.05) is 47.7 Å². The van der Waals surface area contributed by atoms with Gasteiger partial charge in [0.2, 0.25) is 5.91 Å². The molecule has 0 bridgehead atoms. The number of hydrogen-bond acceptors (Lipinski definition) is 3. The van der Waals surface area contributed by atoms with E-state index in [4.69, 9.17) is 0 Å². The van der Waals surface area contributed by atoms with Crippen LogP contribution >= 0.6 is 0 Å². The summed E-state index contributed by atoms with van der Waals surface area (Å²) in [6.45, 7) is 1.19. The first kappa shape index (κ1) is 20.1. The zero-order valence-electron chi connectivity index (χ0n) is 16.2. The Kier molecular flexibility index (Phi) is 5.57. The van der Waals surface area contributed by atoms with E-state index in [1.165, 1.54) is 12.1 Å². The van der Waals surface area contributed by atoms with Gasteiger partial charge in [0.05, 0.1) is 17.8 Å². The lowest BCUT2D eigenvalue weighted by Gasteiger charge is -2.16. The van der Waals surface area contributed by atoms with E-state index in [2.05, 4.69) is 10.3 Å². The molecule has 0 spiro atoms. The summed E-state index contributed by atoms with van der Waals surface area (Å²) >= 11 is 0. The summed E-state index contributed by atoms with van der Waals surface area (Å²) in [5, 5.41) is 8.46. The van der Waals surface area contributed by atoms with E-state index in [1.807, 2.05) is 41.2 Å². The molecule has 2 heterocycles. The second-order valence-electron chi connectivity index (χ2n) is 7.43. The molecular weight excluding hydrogens is 393 g/mol. The molecule has 8 heteroatoms. The molecule has 1 fully saturated rings. The Balaban J connectivity index is 1.31. The van der Waals surface area contributed by atoms with Gasteiger partial charge in [-0.25, -0.2) is 4.68 Å². The number of halogens is 3. The molecule has 0 unspecified atom stereocenters. The van der Waals surface area contributed by atoms with Crippen LogP contribution in [0.15, 0.2) is 60.8 Å². The Bertz CT molecular complexity index is 999. The summed E-state index contributed by atoms with van der Waals surface area (Å²) in [5.41, 5.74) is 1.83. The summed E-state index contributed by atoms with van der Waals surface area (Å²) < 4.78 is 39.7. The molecule has 1 aromatic heterocycles. The standard InChI is InChI=1S/C22H21F3N4O/c23-22(24,25)18-9-6-16(7-10-18)8-11-21(30)28-13-12-19(14-28)29-15-20(26-27-29)17-4-2-1-3-5-17/h1-7,9-10,15,19H,8,11-14H2/t19-/m0/s1. The summed E-state index contributed by atoms with van der Waals surface area (Å²) in [4.78, 5) is 14.3. The van der Waals surface area contributed by atoms with Crippen molar-refractivity contribution in [1.29, 1.82) is 0 Å². The highest BCUT2D eigenvalue weighted by atomic mass is 19.4. The summed E-state index contributed by atoms with van der Waals surface area (Å²) in [7, 11) is 0. The van der Waals surface area contributed by atoms with E-state index in [-0.39, 0.29) is 18.4 Å². The molecule has 30 heavy (non-hydrogen) atoms. The van der Waals surface area contributed by atoms with Crippen LogP contribution in [0.4, 0.5) is 13.2 Å². The van der Waals surface area contributed by atoms with Crippen LogP contribution in [0, 0.1) is 0 Å². The minimum absolute atomic E-state index is 0.000737. The highest BCUT2D eigenvalue weighted by Crippen LogP contribution is 2.29. The van der Waals surface area contributed by atoms with Gasteiger partial charge in [-0.05, 0) is 30.5 Å². The van der Waals surface area contributed by atoms with Gasteiger partial charge in [0.25, 0.3) is 0 Å². The maximum Gasteiger partial charge on any atom is 0.416 e. The second kappa shape index (κ2) is 8.30. The van der Waals surface area contributed by atoms with Crippen molar-refractivity contribution in [2.45, 2.75) is 31.5 Å². The van der Waals surface area contributed by atoms with E-state index in [1.54, 1.807) is 4.90 Å². The Hall–Kier alpha value is -3.16. The number of hydrogen-bond donors (Lipinski definition) is 0. The predicted molar refractivity (Wildman–Crippen MR) is 105 cm³/mol. The molecule has 3 aromatic rings. The van der Waals surface area contributed by atoms with Crippen molar-refractivity contribution in [3.8, 4) is 11.3 Å². The Morgan fingerprint density at radius 3 is 2.50 bits per heavy atom. The molecule has 1 saturated heterocycles. The number of rotatable bonds is 5. The van der Waals surface area contributed by atoms with Gasteiger partial charge in [0, 0.05) is 25.1 Å². The average molecular weight is 414 g/mol. The largest absolute Gasteiger partial charge is 0.416 e. The zero-order chi connectivity index (χ0) is 21.1. The Morgan fingerprint density at radius 2 is 1.80 bits per heavy atom. The van der Waals surface area contributed by atoms with E-state index in [0.717, 1.165) is 35.4 Å². The number of aromatic nitrogens is 3. The van der Waals surface area contributed by atoms with Crippen molar-refractivity contribution in [3.63, 3.8) is 0 Å². The van der Waals surface area contributed by atoms with E-state index >= 15 is 0 Å². The number of alkyl halides is 3. The van der Waals surface area contributed by atoms with Gasteiger partial charge < -0.3 is 4.90 Å². The summed E-state index contributed by atoms with van der Waals surface area (Å²) in [5.74, 6) is 0.000737. The number of carbonyl (C=O) groups is 1. The van der Waals surface area contributed by atoms with Crippen LogP contribution in [0.3, 0.4) is 0 Å². The first-order valence-corrected chi connectivity index (χ1v) is 9.81. The molecular formula is C22H21F3N4O. The number of carbonyl (C=O) groups excluding carboxylic acids is 1. The summed E-state index contributed by atoms with van der Waals surface area (Å²) in [6.07, 6.45) is -0.967. The molecule has 2 aromatic carbocycles. The molecule has 0 N–H and O–H groups in total. The van der Waals surface area contributed by atoms with Crippen LogP contribution in [0.1, 0.15) is 30.0 Å². The lowest BCUT2D eigenvalue weighted by atomic mass is 10.1. The third kappa shape index (κ3) is 4.53. The molecule has 0 aliphatic carbocycles. The number of benzene rings is 2. The second-order valence-corrected chi connectivity index (χ2v) is 7.43. The van der Waals surface area contributed by atoms with Gasteiger partial charge in [-0.3, -0.25) is 4.79 Å². The van der Waals surface area contributed by atoms with E-state index in [9.17, 15) is 18.0 Å². The van der Waals surface area contributed by atoms with E-state index in [0.29, 0.717) is 19.5 Å². The molecule has 4 rings (SSSR count). The molecule has 1 aliphatic heterocycles.